The standard InChI is InChI=1S/C33H35N3O5/c37-29(38)20-32(14-15-32)34-30(39)33(16-18-36(19-17-33)21-23-8-2-1-3-9-23)35-31(40)41-22-28-26-12-6-4-10-24(26)25-11-5-7-13-27(25)28/h1-13,28H,14-22H2,(H,34,39)(H,35,40)(H,37,38). The molecule has 1 saturated carbocycles. The van der Waals surface area contributed by atoms with E-state index in [1.165, 1.54) is 5.56 Å². The molecule has 2 aliphatic carbocycles. The van der Waals surface area contributed by atoms with Crippen LogP contribution >= 0.6 is 0 Å². The minimum absolute atomic E-state index is 0.0871. The SMILES string of the molecule is O=C(O)CC1(NC(=O)C2(NC(=O)OCC3c4ccccc4-c4ccccc43)CCN(Cc3ccccc3)CC2)CC1. The Bertz CT molecular complexity index is 1400. The third kappa shape index (κ3) is 5.70. The van der Waals surface area contributed by atoms with Gasteiger partial charge in [0.15, 0.2) is 0 Å². The van der Waals surface area contributed by atoms with E-state index >= 15 is 0 Å². The van der Waals surface area contributed by atoms with Gasteiger partial charge < -0.3 is 20.5 Å². The van der Waals surface area contributed by atoms with Gasteiger partial charge in [-0.3, -0.25) is 14.5 Å². The molecule has 0 spiro atoms. The van der Waals surface area contributed by atoms with E-state index in [9.17, 15) is 19.5 Å². The molecule has 1 heterocycles. The van der Waals surface area contributed by atoms with E-state index in [4.69, 9.17) is 4.74 Å². The van der Waals surface area contributed by atoms with Gasteiger partial charge in [0.25, 0.3) is 0 Å². The molecule has 3 aromatic carbocycles. The number of ether oxygens (including phenoxy) is 1. The van der Waals surface area contributed by atoms with Crippen molar-refractivity contribution in [1.82, 2.24) is 15.5 Å². The maximum Gasteiger partial charge on any atom is 0.408 e. The Hall–Kier alpha value is -4.17. The maximum atomic E-state index is 13.8. The van der Waals surface area contributed by atoms with Crippen molar-refractivity contribution in [2.75, 3.05) is 19.7 Å². The first-order valence-electron chi connectivity index (χ1n) is 14.3. The smallest absolute Gasteiger partial charge is 0.408 e. The van der Waals surface area contributed by atoms with Crippen LogP contribution in [0.1, 0.15) is 54.7 Å². The lowest BCUT2D eigenvalue weighted by atomic mass is 9.85. The van der Waals surface area contributed by atoms with Gasteiger partial charge in [-0.1, -0.05) is 78.9 Å². The molecule has 1 saturated heterocycles. The summed E-state index contributed by atoms with van der Waals surface area (Å²) < 4.78 is 5.81. The molecule has 212 valence electrons. The summed E-state index contributed by atoms with van der Waals surface area (Å²) in [6.07, 6.45) is 1.28. The molecule has 0 aromatic heterocycles. The number of carbonyl (C=O) groups excluding carboxylic acids is 2. The van der Waals surface area contributed by atoms with Gasteiger partial charge in [0.05, 0.1) is 12.0 Å². The van der Waals surface area contributed by atoms with Crippen molar-refractivity contribution in [2.45, 2.75) is 55.6 Å². The molecule has 3 aromatic rings. The predicted molar refractivity (Wildman–Crippen MR) is 154 cm³/mol. The number of nitrogens with zero attached hydrogens (tertiary/aromatic N) is 1. The third-order valence-corrected chi connectivity index (χ3v) is 8.80. The molecule has 0 radical (unpaired) electrons. The van der Waals surface area contributed by atoms with Gasteiger partial charge in [-0.25, -0.2) is 4.79 Å². The second-order valence-electron chi connectivity index (χ2n) is 11.6. The number of benzene rings is 3. The van der Waals surface area contributed by atoms with Crippen LogP contribution in [0.25, 0.3) is 11.1 Å². The summed E-state index contributed by atoms with van der Waals surface area (Å²) >= 11 is 0. The number of rotatable bonds is 9. The van der Waals surface area contributed by atoms with Crippen molar-refractivity contribution in [3.8, 4) is 11.1 Å². The Labute approximate surface area is 239 Å². The van der Waals surface area contributed by atoms with Crippen LogP contribution in [0.2, 0.25) is 0 Å². The molecule has 2 amide bonds. The molecule has 2 fully saturated rings. The van der Waals surface area contributed by atoms with E-state index < -0.39 is 23.1 Å². The molecule has 1 aliphatic heterocycles. The number of fused-ring (bicyclic) bond motifs is 3. The van der Waals surface area contributed by atoms with Gasteiger partial charge in [0.2, 0.25) is 5.91 Å². The van der Waals surface area contributed by atoms with E-state index in [1.807, 2.05) is 42.5 Å². The van der Waals surface area contributed by atoms with E-state index in [0.29, 0.717) is 38.8 Å². The molecule has 41 heavy (non-hydrogen) atoms. The van der Waals surface area contributed by atoms with Crippen molar-refractivity contribution in [1.29, 1.82) is 0 Å². The Morgan fingerprint density at radius 1 is 0.805 bits per heavy atom. The number of carbonyl (C=O) groups is 3. The van der Waals surface area contributed by atoms with E-state index in [-0.39, 0.29) is 24.9 Å². The molecule has 3 N–H and O–H groups in total. The first-order valence-corrected chi connectivity index (χ1v) is 14.3. The molecular formula is C33H35N3O5. The second-order valence-corrected chi connectivity index (χ2v) is 11.6. The number of aliphatic carboxylic acids is 1. The first kappa shape index (κ1) is 27.0. The van der Waals surface area contributed by atoms with Crippen LogP contribution in [0.15, 0.2) is 78.9 Å². The Balaban J connectivity index is 1.16. The van der Waals surface area contributed by atoms with Crippen LogP contribution < -0.4 is 10.6 Å². The first-order chi connectivity index (χ1) is 19.9. The fourth-order valence-corrected chi connectivity index (χ4v) is 6.32. The quantitative estimate of drug-likeness (QED) is 0.355. The minimum Gasteiger partial charge on any atom is -0.481 e. The number of amides is 2. The summed E-state index contributed by atoms with van der Waals surface area (Å²) in [5.74, 6) is -1.36. The molecule has 0 bridgehead atoms. The Morgan fingerprint density at radius 3 is 1.98 bits per heavy atom. The summed E-state index contributed by atoms with van der Waals surface area (Å²) in [7, 11) is 0. The number of carboxylic acids is 1. The van der Waals surface area contributed by atoms with Crippen molar-refractivity contribution in [2.24, 2.45) is 0 Å². The van der Waals surface area contributed by atoms with Crippen LogP contribution in [-0.4, -0.2) is 58.8 Å². The van der Waals surface area contributed by atoms with Crippen molar-refractivity contribution in [3.63, 3.8) is 0 Å². The Morgan fingerprint density at radius 2 is 1.39 bits per heavy atom. The monoisotopic (exact) mass is 553 g/mol. The van der Waals surface area contributed by atoms with Crippen molar-refractivity contribution >= 4 is 18.0 Å². The van der Waals surface area contributed by atoms with Gasteiger partial charge in [-0.05, 0) is 53.5 Å². The lowest BCUT2D eigenvalue weighted by Crippen LogP contribution is -2.64. The number of carboxylic acid groups (broad SMARTS) is 1. The van der Waals surface area contributed by atoms with Gasteiger partial charge in [0.1, 0.15) is 12.1 Å². The van der Waals surface area contributed by atoms with Gasteiger partial charge in [-0.2, -0.15) is 0 Å². The van der Waals surface area contributed by atoms with Crippen LogP contribution in [0, 0.1) is 0 Å². The highest BCUT2D eigenvalue weighted by Crippen LogP contribution is 2.44. The summed E-state index contributed by atoms with van der Waals surface area (Å²) in [5.41, 5.74) is 3.80. The number of nitrogens with one attached hydrogen (secondary N) is 2. The number of piperidine rings is 1. The molecule has 3 aliphatic rings. The zero-order valence-corrected chi connectivity index (χ0v) is 23.0. The molecular weight excluding hydrogens is 518 g/mol. The number of likely N-dealkylation sites (tertiary alicyclic amines) is 1. The fourth-order valence-electron chi connectivity index (χ4n) is 6.32. The van der Waals surface area contributed by atoms with Crippen molar-refractivity contribution in [3.05, 3.63) is 95.6 Å². The maximum absolute atomic E-state index is 13.8. The lowest BCUT2D eigenvalue weighted by Gasteiger charge is -2.41. The van der Waals surface area contributed by atoms with Gasteiger partial charge in [0, 0.05) is 25.6 Å². The topological polar surface area (TPSA) is 108 Å². The van der Waals surface area contributed by atoms with Crippen molar-refractivity contribution < 1.29 is 24.2 Å². The predicted octanol–water partition coefficient (Wildman–Crippen LogP) is 4.68. The minimum atomic E-state index is -1.18. The lowest BCUT2D eigenvalue weighted by molar-refractivity contribution is -0.138. The highest BCUT2D eigenvalue weighted by Gasteiger charge is 2.51. The van der Waals surface area contributed by atoms with Crippen LogP contribution in [0.5, 0.6) is 0 Å². The molecule has 6 rings (SSSR count). The Kier molecular flexibility index (Phi) is 7.26. The highest BCUT2D eigenvalue weighted by molar-refractivity contribution is 5.91. The number of hydrogen-bond acceptors (Lipinski definition) is 5. The second kappa shape index (κ2) is 11.0. The molecule has 0 atom stereocenters. The van der Waals surface area contributed by atoms with E-state index in [2.05, 4.69) is 51.9 Å². The third-order valence-electron chi connectivity index (χ3n) is 8.80. The summed E-state index contributed by atoms with van der Waals surface area (Å²) in [5, 5.41) is 15.3. The summed E-state index contributed by atoms with van der Waals surface area (Å²) in [6, 6.07) is 26.5. The van der Waals surface area contributed by atoms with E-state index in [0.717, 1.165) is 28.8 Å². The molecule has 0 unspecified atom stereocenters. The zero-order chi connectivity index (χ0) is 28.5. The number of alkyl carbamates (subject to hydrolysis) is 1. The highest BCUT2D eigenvalue weighted by atomic mass is 16.5. The normalized spacial score (nSPS) is 18.5. The molecule has 8 nitrogen and oxygen atoms in total. The summed E-state index contributed by atoms with van der Waals surface area (Å²) in [4.78, 5) is 40.8. The van der Waals surface area contributed by atoms with Crippen LogP contribution in [0.3, 0.4) is 0 Å². The summed E-state index contributed by atoms with van der Waals surface area (Å²) in [6.45, 7) is 2.13. The van der Waals surface area contributed by atoms with Gasteiger partial charge >= 0.3 is 12.1 Å². The number of hydrogen-bond donors (Lipinski definition) is 3. The average molecular weight is 554 g/mol. The fraction of sp³-hybridized carbons (Fsp3) is 0.364. The molecule has 8 heteroatoms. The van der Waals surface area contributed by atoms with Crippen LogP contribution in [0.4, 0.5) is 4.79 Å². The average Bonchev–Trinajstić information content (AvgIpc) is 3.64. The zero-order valence-electron chi connectivity index (χ0n) is 23.0. The van der Waals surface area contributed by atoms with E-state index in [1.54, 1.807) is 0 Å². The van der Waals surface area contributed by atoms with Gasteiger partial charge in [-0.15, -0.1) is 0 Å². The van der Waals surface area contributed by atoms with Crippen LogP contribution in [-0.2, 0) is 20.9 Å². The largest absolute Gasteiger partial charge is 0.481 e.